The van der Waals surface area contributed by atoms with E-state index < -0.39 is 0 Å². The highest BCUT2D eigenvalue weighted by Gasteiger charge is 1.98. The van der Waals surface area contributed by atoms with E-state index in [2.05, 4.69) is 16.9 Å². The fourth-order valence-electron chi connectivity index (χ4n) is 0.968. The molecule has 0 fully saturated rings. The molecule has 0 amide bonds. The third-order valence-corrected chi connectivity index (χ3v) is 1.70. The SMILES string of the molecule is CCCCCC(=O)OCC.c1c[nH]cn1. The first-order valence-corrected chi connectivity index (χ1v) is 5.39. The summed E-state index contributed by atoms with van der Waals surface area (Å²) in [6.07, 6.45) is 8.91. The zero-order chi connectivity index (χ0) is 11.4. The molecule has 0 unspecified atom stereocenters. The third-order valence-electron chi connectivity index (χ3n) is 1.70. The van der Waals surface area contributed by atoms with Crippen molar-refractivity contribution in [1.29, 1.82) is 0 Å². The topological polar surface area (TPSA) is 55.0 Å². The molecule has 15 heavy (non-hydrogen) atoms. The fourth-order valence-corrected chi connectivity index (χ4v) is 0.968. The molecule has 4 nitrogen and oxygen atoms in total. The van der Waals surface area contributed by atoms with Crippen LogP contribution in [0.2, 0.25) is 0 Å². The number of unbranched alkanes of at least 4 members (excludes halogenated alkanes) is 2. The lowest BCUT2D eigenvalue weighted by molar-refractivity contribution is -0.143. The van der Waals surface area contributed by atoms with Crippen molar-refractivity contribution in [3.8, 4) is 0 Å². The molecule has 1 rings (SSSR count). The van der Waals surface area contributed by atoms with Gasteiger partial charge in [0, 0.05) is 18.8 Å². The number of imidazole rings is 1. The van der Waals surface area contributed by atoms with Crippen molar-refractivity contribution < 1.29 is 9.53 Å². The van der Waals surface area contributed by atoms with Gasteiger partial charge in [0.2, 0.25) is 0 Å². The van der Waals surface area contributed by atoms with Crippen molar-refractivity contribution in [1.82, 2.24) is 9.97 Å². The molecule has 0 aliphatic heterocycles. The molecule has 0 saturated heterocycles. The first kappa shape index (κ1) is 13.7. The lowest BCUT2D eigenvalue weighted by Crippen LogP contribution is -2.02. The molecule has 1 aromatic rings. The van der Waals surface area contributed by atoms with Gasteiger partial charge in [0.05, 0.1) is 12.9 Å². The summed E-state index contributed by atoms with van der Waals surface area (Å²) in [5.74, 6) is -0.0593. The molecule has 0 aliphatic carbocycles. The van der Waals surface area contributed by atoms with Gasteiger partial charge in [0.15, 0.2) is 0 Å². The second-order valence-corrected chi connectivity index (χ2v) is 3.02. The van der Waals surface area contributed by atoms with Crippen molar-refractivity contribution >= 4 is 5.97 Å². The summed E-state index contributed by atoms with van der Waals surface area (Å²) in [6.45, 7) is 4.45. The Labute approximate surface area is 91.1 Å². The van der Waals surface area contributed by atoms with Gasteiger partial charge in [0.1, 0.15) is 0 Å². The highest BCUT2D eigenvalue weighted by atomic mass is 16.5. The Balaban J connectivity index is 0.000000322. The van der Waals surface area contributed by atoms with Crippen molar-refractivity contribution in [2.75, 3.05) is 6.61 Å². The predicted molar refractivity (Wildman–Crippen MR) is 59.4 cm³/mol. The number of hydrogen-bond acceptors (Lipinski definition) is 3. The van der Waals surface area contributed by atoms with Gasteiger partial charge in [0.25, 0.3) is 0 Å². The van der Waals surface area contributed by atoms with E-state index in [1.807, 2.05) is 6.92 Å². The normalized spacial score (nSPS) is 8.93. The van der Waals surface area contributed by atoms with Gasteiger partial charge in [-0.3, -0.25) is 4.79 Å². The first-order valence-electron chi connectivity index (χ1n) is 5.39. The number of nitrogens with zero attached hydrogens (tertiary/aromatic N) is 1. The minimum absolute atomic E-state index is 0.0593. The molecule has 0 atom stereocenters. The Kier molecular flexibility index (Phi) is 9.81. The van der Waals surface area contributed by atoms with E-state index in [1.54, 1.807) is 18.7 Å². The molecular formula is C11H20N2O2. The second kappa shape index (κ2) is 10.8. The number of aromatic amines is 1. The van der Waals surface area contributed by atoms with Gasteiger partial charge in [-0.25, -0.2) is 4.98 Å². The summed E-state index contributed by atoms with van der Waals surface area (Å²) in [6, 6.07) is 0. The van der Waals surface area contributed by atoms with E-state index >= 15 is 0 Å². The summed E-state index contributed by atoms with van der Waals surface area (Å²) < 4.78 is 4.75. The zero-order valence-corrected chi connectivity index (χ0v) is 9.53. The molecule has 0 bridgehead atoms. The third kappa shape index (κ3) is 10.6. The molecule has 0 radical (unpaired) electrons. The van der Waals surface area contributed by atoms with E-state index in [-0.39, 0.29) is 5.97 Å². The van der Waals surface area contributed by atoms with Crippen molar-refractivity contribution in [3.63, 3.8) is 0 Å². The summed E-state index contributed by atoms with van der Waals surface area (Å²) in [7, 11) is 0. The Morgan fingerprint density at radius 2 is 2.20 bits per heavy atom. The molecule has 0 saturated carbocycles. The monoisotopic (exact) mass is 212 g/mol. The smallest absolute Gasteiger partial charge is 0.305 e. The Hall–Kier alpha value is -1.32. The molecule has 86 valence electrons. The van der Waals surface area contributed by atoms with Crippen LogP contribution >= 0.6 is 0 Å². The number of H-pyrrole nitrogens is 1. The predicted octanol–water partition coefficient (Wildman–Crippen LogP) is 2.54. The lowest BCUT2D eigenvalue weighted by atomic mass is 10.2. The van der Waals surface area contributed by atoms with Gasteiger partial charge in [-0.15, -0.1) is 0 Å². The Morgan fingerprint density at radius 1 is 1.40 bits per heavy atom. The molecule has 0 aromatic carbocycles. The average molecular weight is 212 g/mol. The summed E-state index contributed by atoms with van der Waals surface area (Å²) in [5, 5.41) is 0. The fraction of sp³-hybridized carbons (Fsp3) is 0.636. The first-order chi connectivity index (χ1) is 7.31. The molecule has 0 spiro atoms. The maximum atomic E-state index is 10.7. The van der Waals surface area contributed by atoms with E-state index in [1.165, 1.54) is 0 Å². The minimum Gasteiger partial charge on any atom is -0.466 e. The van der Waals surface area contributed by atoms with Crippen LogP contribution in [-0.4, -0.2) is 22.5 Å². The van der Waals surface area contributed by atoms with E-state index in [4.69, 9.17) is 4.74 Å². The van der Waals surface area contributed by atoms with Crippen LogP contribution in [0.25, 0.3) is 0 Å². The van der Waals surface area contributed by atoms with Crippen molar-refractivity contribution in [3.05, 3.63) is 18.7 Å². The van der Waals surface area contributed by atoms with Crippen LogP contribution in [0.15, 0.2) is 18.7 Å². The van der Waals surface area contributed by atoms with Crippen LogP contribution in [0.4, 0.5) is 0 Å². The lowest BCUT2D eigenvalue weighted by Gasteiger charge is -1.99. The van der Waals surface area contributed by atoms with Gasteiger partial charge in [-0.1, -0.05) is 19.8 Å². The summed E-state index contributed by atoms with van der Waals surface area (Å²) in [5.41, 5.74) is 0. The maximum Gasteiger partial charge on any atom is 0.305 e. The highest BCUT2D eigenvalue weighted by molar-refractivity contribution is 5.69. The van der Waals surface area contributed by atoms with Gasteiger partial charge in [-0.05, 0) is 13.3 Å². The van der Waals surface area contributed by atoms with Crippen LogP contribution in [0.5, 0.6) is 0 Å². The summed E-state index contributed by atoms with van der Waals surface area (Å²) >= 11 is 0. The average Bonchev–Trinajstić information content (AvgIpc) is 2.76. The molecular weight excluding hydrogens is 192 g/mol. The van der Waals surface area contributed by atoms with Crippen molar-refractivity contribution in [2.24, 2.45) is 0 Å². The van der Waals surface area contributed by atoms with Gasteiger partial charge in [-0.2, -0.15) is 0 Å². The quantitative estimate of drug-likeness (QED) is 0.602. The number of nitrogens with one attached hydrogen (secondary N) is 1. The Morgan fingerprint density at radius 3 is 2.60 bits per heavy atom. The number of aromatic nitrogens is 2. The van der Waals surface area contributed by atoms with Crippen LogP contribution in [0.3, 0.4) is 0 Å². The molecule has 1 heterocycles. The number of carbonyl (C=O) groups excluding carboxylic acids is 1. The van der Waals surface area contributed by atoms with Crippen LogP contribution in [0, 0.1) is 0 Å². The molecule has 4 heteroatoms. The standard InChI is InChI=1S/C8H16O2.C3H4N2/c1-3-5-6-7-8(9)10-4-2;1-2-5-3-4-1/h3-7H2,1-2H3;1-3H,(H,4,5). The number of hydrogen-bond donors (Lipinski definition) is 1. The highest BCUT2D eigenvalue weighted by Crippen LogP contribution is 1.99. The zero-order valence-electron chi connectivity index (χ0n) is 9.53. The van der Waals surface area contributed by atoms with Gasteiger partial charge < -0.3 is 9.72 Å². The number of ether oxygens (including phenoxy) is 1. The molecule has 1 N–H and O–H groups in total. The summed E-state index contributed by atoms with van der Waals surface area (Å²) in [4.78, 5) is 17.1. The second-order valence-electron chi connectivity index (χ2n) is 3.02. The van der Waals surface area contributed by atoms with Gasteiger partial charge >= 0.3 is 5.97 Å². The van der Waals surface area contributed by atoms with Crippen LogP contribution in [0.1, 0.15) is 39.5 Å². The minimum atomic E-state index is -0.0593. The molecule has 1 aromatic heterocycles. The largest absolute Gasteiger partial charge is 0.466 e. The number of rotatable bonds is 5. The van der Waals surface area contributed by atoms with Crippen LogP contribution < -0.4 is 0 Å². The Bertz CT molecular complexity index is 205. The van der Waals surface area contributed by atoms with E-state index in [9.17, 15) is 4.79 Å². The van der Waals surface area contributed by atoms with E-state index in [0.717, 1.165) is 19.3 Å². The maximum absolute atomic E-state index is 10.7. The van der Waals surface area contributed by atoms with E-state index in [0.29, 0.717) is 13.0 Å². The number of esters is 1. The van der Waals surface area contributed by atoms with Crippen LogP contribution in [-0.2, 0) is 9.53 Å². The molecule has 0 aliphatic rings. The number of carbonyl (C=O) groups is 1. The van der Waals surface area contributed by atoms with Crippen molar-refractivity contribution in [2.45, 2.75) is 39.5 Å².